The number of nitrogens with zero attached hydrogens (tertiary/aromatic N) is 1. The smallest absolute Gasteiger partial charge is 0.224 e. The van der Waals surface area contributed by atoms with Crippen LogP contribution in [0.5, 0.6) is 5.75 Å². The quantitative estimate of drug-likeness (QED) is 0.871. The normalized spacial score (nSPS) is 25.8. The molecule has 0 spiro atoms. The van der Waals surface area contributed by atoms with Crippen LogP contribution >= 0.6 is 0 Å². The van der Waals surface area contributed by atoms with E-state index in [0.29, 0.717) is 19.4 Å². The number of carbonyl (C=O) groups is 1. The molecule has 7 heteroatoms. The highest BCUT2D eigenvalue weighted by atomic mass is 32.2. The van der Waals surface area contributed by atoms with Crippen LogP contribution in [0.4, 0.5) is 0 Å². The van der Waals surface area contributed by atoms with Crippen molar-refractivity contribution in [2.24, 2.45) is 5.92 Å². The van der Waals surface area contributed by atoms with Crippen LogP contribution in [-0.4, -0.2) is 43.1 Å². The zero-order chi connectivity index (χ0) is 18.9. The van der Waals surface area contributed by atoms with Crippen LogP contribution in [0.2, 0.25) is 0 Å². The second-order valence-corrected chi connectivity index (χ2v) is 10.0. The van der Waals surface area contributed by atoms with Gasteiger partial charge >= 0.3 is 0 Å². The number of sulfonamides is 1. The molecule has 2 heterocycles. The van der Waals surface area contributed by atoms with Gasteiger partial charge in [-0.3, -0.25) is 4.79 Å². The maximum atomic E-state index is 12.9. The number of fused-ring (bicyclic) bond motifs is 1. The summed E-state index contributed by atoms with van der Waals surface area (Å²) in [5.74, 6) is 0.498. The lowest BCUT2D eigenvalue weighted by molar-refractivity contribution is -0.127. The van der Waals surface area contributed by atoms with E-state index in [1.165, 1.54) is 4.31 Å². The fourth-order valence-electron chi connectivity index (χ4n) is 3.81. The van der Waals surface area contributed by atoms with Crippen molar-refractivity contribution in [2.45, 2.75) is 51.7 Å². The summed E-state index contributed by atoms with van der Waals surface area (Å²) in [6, 6.07) is 7.64. The van der Waals surface area contributed by atoms with E-state index in [1.807, 2.05) is 38.1 Å². The van der Waals surface area contributed by atoms with Crippen molar-refractivity contribution in [2.75, 3.05) is 18.8 Å². The zero-order valence-corrected chi connectivity index (χ0v) is 16.5. The van der Waals surface area contributed by atoms with Gasteiger partial charge in [-0.05, 0) is 39.7 Å². The van der Waals surface area contributed by atoms with Gasteiger partial charge in [-0.15, -0.1) is 0 Å². The molecule has 1 amide bonds. The lowest BCUT2D eigenvalue weighted by Crippen LogP contribution is -2.48. The molecule has 0 unspecified atom stereocenters. The number of nitrogens with one attached hydrogen (secondary N) is 1. The van der Waals surface area contributed by atoms with Gasteiger partial charge in [-0.1, -0.05) is 18.2 Å². The van der Waals surface area contributed by atoms with E-state index in [-0.39, 0.29) is 35.8 Å². The summed E-state index contributed by atoms with van der Waals surface area (Å²) in [4.78, 5) is 12.9. The van der Waals surface area contributed by atoms with Gasteiger partial charge in [-0.2, -0.15) is 0 Å². The molecule has 1 fully saturated rings. The number of benzene rings is 1. The van der Waals surface area contributed by atoms with Gasteiger partial charge in [0.05, 0.1) is 17.7 Å². The largest absolute Gasteiger partial charge is 0.487 e. The Morgan fingerprint density at radius 3 is 2.81 bits per heavy atom. The molecule has 0 aromatic heterocycles. The van der Waals surface area contributed by atoms with Crippen molar-refractivity contribution >= 4 is 15.9 Å². The molecule has 0 radical (unpaired) electrons. The van der Waals surface area contributed by atoms with Crippen molar-refractivity contribution in [3.63, 3.8) is 0 Å². The number of rotatable bonds is 4. The zero-order valence-electron chi connectivity index (χ0n) is 15.7. The Morgan fingerprint density at radius 2 is 2.08 bits per heavy atom. The standard InChI is InChI=1S/C19H28N2O4S/c1-4-26(23,24)21-11-7-8-14(13-21)18(22)20-16-12-19(2,3)25-17-10-6-5-9-15(16)17/h5-6,9-10,14,16H,4,7-8,11-13H2,1-3H3,(H,20,22)/t14-,16+/m1/s1. The average molecular weight is 381 g/mol. The molecule has 144 valence electrons. The first-order valence-electron chi connectivity index (χ1n) is 9.28. The molecule has 1 aromatic carbocycles. The van der Waals surface area contributed by atoms with Gasteiger partial charge in [0.1, 0.15) is 11.4 Å². The van der Waals surface area contributed by atoms with Crippen LogP contribution in [0, 0.1) is 5.92 Å². The lowest BCUT2D eigenvalue weighted by Gasteiger charge is -2.39. The summed E-state index contributed by atoms with van der Waals surface area (Å²) in [5, 5.41) is 3.15. The maximum absolute atomic E-state index is 12.9. The van der Waals surface area contributed by atoms with E-state index in [4.69, 9.17) is 4.74 Å². The monoisotopic (exact) mass is 380 g/mol. The molecular formula is C19H28N2O4S. The second kappa shape index (κ2) is 7.19. The summed E-state index contributed by atoms with van der Waals surface area (Å²) in [7, 11) is -3.25. The number of para-hydroxylation sites is 1. The number of carbonyl (C=O) groups excluding carboxylic acids is 1. The molecule has 26 heavy (non-hydrogen) atoms. The number of amides is 1. The Kier molecular flexibility index (Phi) is 5.30. The highest BCUT2D eigenvalue weighted by Crippen LogP contribution is 2.39. The highest BCUT2D eigenvalue weighted by Gasteiger charge is 2.37. The van der Waals surface area contributed by atoms with E-state index in [2.05, 4.69) is 5.32 Å². The van der Waals surface area contributed by atoms with E-state index in [0.717, 1.165) is 17.7 Å². The molecule has 1 aromatic rings. The van der Waals surface area contributed by atoms with Crippen LogP contribution in [-0.2, 0) is 14.8 Å². The Labute approximate surface area is 156 Å². The number of ether oxygens (including phenoxy) is 1. The third-order valence-corrected chi connectivity index (χ3v) is 7.05. The van der Waals surface area contributed by atoms with Crippen molar-refractivity contribution in [3.8, 4) is 5.75 Å². The van der Waals surface area contributed by atoms with Gasteiger partial charge in [0.25, 0.3) is 0 Å². The summed E-state index contributed by atoms with van der Waals surface area (Å²) in [5.41, 5.74) is 0.616. The minimum absolute atomic E-state index is 0.0708. The third-order valence-electron chi connectivity index (χ3n) is 5.21. The van der Waals surface area contributed by atoms with Crippen molar-refractivity contribution < 1.29 is 17.9 Å². The van der Waals surface area contributed by atoms with Gasteiger partial charge < -0.3 is 10.1 Å². The molecule has 2 atom stereocenters. The molecule has 0 aliphatic carbocycles. The Hall–Kier alpha value is -1.60. The van der Waals surface area contributed by atoms with Crippen molar-refractivity contribution in [3.05, 3.63) is 29.8 Å². The lowest BCUT2D eigenvalue weighted by atomic mass is 9.89. The molecule has 2 aliphatic rings. The number of hydrogen-bond donors (Lipinski definition) is 1. The summed E-state index contributed by atoms with van der Waals surface area (Å²) in [6.07, 6.45) is 2.11. The summed E-state index contributed by atoms with van der Waals surface area (Å²) >= 11 is 0. The Balaban J connectivity index is 1.73. The maximum Gasteiger partial charge on any atom is 0.224 e. The first kappa shape index (κ1) is 19.2. The predicted molar refractivity (Wildman–Crippen MR) is 100 cm³/mol. The molecule has 0 saturated carbocycles. The predicted octanol–water partition coefficient (Wildman–Crippen LogP) is 2.47. The van der Waals surface area contributed by atoms with Crippen LogP contribution in [0.15, 0.2) is 24.3 Å². The summed E-state index contributed by atoms with van der Waals surface area (Å²) < 4.78 is 31.8. The molecule has 6 nitrogen and oxygen atoms in total. The highest BCUT2D eigenvalue weighted by molar-refractivity contribution is 7.89. The molecular weight excluding hydrogens is 352 g/mol. The van der Waals surface area contributed by atoms with Crippen LogP contribution in [0.1, 0.15) is 51.6 Å². The van der Waals surface area contributed by atoms with Crippen LogP contribution < -0.4 is 10.1 Å². The first-order chi connectivity index (χ1) is 12.2. The molecule has 0 bridgehead atoms. The molecule has 1 N–H and O–H groups in total. The number of piperidine rings is 1. The molecule has 3 rings (SSSR count). The first-order valence-corrected chi connectivity index (χ1v) is 10.9. The minimum Gasteiger partial charge on any atom is -0.487 e. The minimum atomic E-state index is -3.25. The SMILES string of the molecule is CCS(=O)(=O)N1CCC[C@@H](C(=O)N[C@H]2CC(C)(C)Oc3ccccc32)C1. The van der Waals surface area contributed by atoms with Gasteiger partial charge in [0.2, 0.25) is 15.9 Å². The number of hydrogen-bond acceptors (Lipinski definition) is 4. The fourth-order valence-corrected chi connectivity index (χ4v) is 4.99. The van der Waals surface area contributed by atoms with Gasteiger partial charge in [0, 0.05) is 25.1 Å². The third kappa shape index (κ3) is 4.04. The summed E-state index contributed by atoms with van der Waals surface area (Å²) in [6.45, 7) is 6.44. The van der Waals surface area contributed by atoms with E-state index in [9.17, 15) is 13.2 Å². The van der Waals surface area contributed by atoms with Crippen molar-refractivity contribution in [1.29, 1.82) is 0 Å². The van der Waals surface area contributed by atoms with E-state index >= 15 is 0 Å². The van der Waals surface area contributed by atoms with E-state index < -0.39 is 10.0 Å². The van der Waals surface area contributed by atoms with E-state index in [1.54, 1.807) is 6.92 Å². The Bertz CT molecular complexity index is 775. The molecule has 2 aliphatic heterocycles. The molecule has 1 saturated heterocycles. The van der Waals surface area contributed by atoms with Crippen LogP contribution in [0.25, 0.3) is 0 Å². The second-order valence-electron chi connectivity index (χ2n) is 7.76. The van der Waals surface area contributed by atoms with Gasteiger partial charge in [-0.25, -0.2) is 12.7 Å². The van der Waals surface area contributed by atoms with Crippen molar-refractivity contribution in [1.82, 2.24) is 9.62 Å². The Morgan fingerprint density at radius 1 is 1.35 bits per heavy atom. The van der Waals surface area contributed by atoms with Gasteiger partial charge in [0.15, 0.2) is 0 Å². The topological polar surface area (TPSA) is 75.7 Å². The fraction of sp³-hybridized carbons (Fsp3) is 0.632. The average Bonchev–Trinajstić information content (AvgIpc) is 2.61. The van der Waals surface area contributed by atoms with Crippen LogP contribution in [0.3, 0.4) is 0 Å².